The van der Waals surface area contributed by atoms with E-state index in [4.69, 9.17) is 5.73 Å². The van der Waals surface area contributed by atoms with Crippen molar-refractivity contribution in [2.75, 3.05) is 20.1 Å². The Balaban J connectivity index is 2.17. The molecular formula is C12H26N2. The van der Waals surface area contributed by atoms with E-state index < -0.39 is 0 Å². The molecule has 1 aliphatic rings. The molecule has 0 aromatic carbocycles. The van der Waals surface area contributed by atoms with Gasteiger partial charge in [0.05, 0.1) is 0 Å². The van der Waals surface area contributed by atoms with E-state index in [-0.39, 0.29) is 5.54 Å². The summed E-state index contributed by atoms with van der Waals surface area (Å²) >= 11 is 0. The maximum Gasteiger partial charge on any atom is 0.0166 e. The highest BCUT2D eigenvalue weighted by Gasteiger charge is 2.32. The molecule has 0 unspecified atom stereocenters. The molecule has 1 saturated carbocycles. The molecule has 0 aromatic rings. The maximum atomic E-state index is 6.19. The minimum Gasteiger partial charge on any atom is -0.325 e. The summed E-state index contributed by atoms with van der Waals surface area (Å²) in [6.07, 6.45) is 4.96. The van der Waals surface area contributed by atoms with Crippen molar-refractivity contribution >= 4 is 0 Å². The molecule has 84 valence electrons. The van der Waals surface area contributed by atoms with Crippen molar-refractivity contribution < 1.29 is 0 Å². The van der Waals surface area contributed by atoms with Gasteiger partial charge in [-0.1, -0.05) is 20.8 Å². The molecule has 2 N–H and O–H groups in total. The maximum absolute atomic E-state index is 6.19. The summed E-state index contributed by atoms with van der Waals surface area (Å²) in [5, 5.41) is 0. The van der Waals surface area contributed by atoms with E-state index in [2.05, 4.69) is 32.7 Å². The number of hydrogen-bond acceptors (Lipinski definition) is 2. The highest BCUT2D eigenvalue weighted by molar-refractivity contribution is 4.92. The van der Waals surface area contributed by atoms with E-state index in [9.17, 15) is 0 Å². The summed E-state index contributed by atoms with van der Waals surface area (Å²) in [6, 6.07) is 0. The van der Waals surface area contributed by atoms with Crippen LogP contribution in [-0.4, -0.2) is 30.6 Å². The Bertz CT molecular complexity index is 177. The summed E-state index contributed by atoms with van der Waals surface area (Å²) in [7, 11) is 2.20. The van der Waals surface area contributed by atoms with Gasteiger partial charge in [0, 0.05) is 12.1 Å². The SMILES string of the molecule is CN(CCC1(N)CCC1)CC(C)(C)C. The molecule has 0 radical (unpaired) electrons. The van der Waals surface area contributed by atoms with Gasteiger partial charge >= 0.3 is 0 Å². The summed E-state index contributed by atoms with van der Waals surface area (Å²) < 4.78 is 0. The van der Waals surface area contributed by atoms with E-state index >= 15 is 0 Å². The molecule has 0 atom stereocenters. The second-order valence-corrected chi connectivity index (χ2v) is 6.26. The molecule has 0 saturated heterocycles. The first-order valence-corrected chi connectivity index (χ1v) is 5.78. The summed E-state index contributed by atoms with van der Waals surface area (Å²) in [5.41, 5.74) is 6.77. The van der Waals surface area contributed by atoms with E-state index in [0.717, 1.165) is 13.1 Å². The molecule has 14 heavy (non-hydrogen) atoms. The zero-order valence-corrected chi connectivity index (χ0v) is 10.3. The Morgan fingerprint density at radius 1 is 1.29 bits per heavy atom. The molecule has 1 aliphatic carbocycles. The van der Waals surface area contributed by atoms with E-state index in [0.29, 0.717) is 5.41 Å². The predicted molar refractivity (Wildman–Crippen MR) is 62.3 cm³/mol. The highest BCUT2D eigenvalue weighted by Crippen LogP contribution is 2.32. The molecular weight excluding hydrogens is 172 g/mol. The van der Waals surface area contributed by atoms with Gasteiger partial charge in [-0.25, -0.2) is 0 Å². The quantitative estimate of drug-likeness (QED) is 0.750. The molecule has 0 bridgehead atoms. The van der Waals surface area contributed by atoms with Crippen LogP contribution in [0.5, 0.6) is 0 Å². The van der Waals surface area contributed by atoms with Crippen molar-refractivity contribution in [3.05, 3.63) is 0 Å². The van der Waals surface area contributed by atoms with Gasteiger partial charge in [0.2, 0.25) is 0 Å². The van der Waals surface area contributed by atoms with Gasteiger partial charge in [-0.15, -0.1) is 0 Å². The van der Waals surface area contributed by atoms with E-state index in [1.807, 2.05) is 0 Å². The van der Waals surface area contributed by atoms with Gasteiger partial charge in [-0.05, 0) is 44.7 Å². The Morgan fingerprint density at radius 2 is 1.86 bits per heavy atom. The Kier molecular flexibility index (Phi) is 3.59. The van der Waals surface area contributed by atoms with Crippen LogP contribution in [0.15, 0.2) is 0 Å². The molecule has 0 aromatic heterocycles. The first-order valence-electron chi connectivity index (χ1n) is 5.78. The third-order valence-corrected chi connectivity index (χ3v) is 3.09. The van der Waals surface area contributed by atoms with Crippen molar-refractivity contribution in [2.45, 2.75) is 52.0 Å². The number of nitrogens with two attached hydrogens (primary N) is 1. The molecule has 1 fully saturated rings. The minimum absolute atomic E-state index is 0.187. The number of rotatable bonds is 4. The number of hydrogen-bond donors (Lipinski definition) is 1. The fourth-order valence-electron chi connectivity index (χ4n) is 2.18. The molecule has 0 aliphatic heterocycles. The third kappa shape index (κ3) is 3.97. The topological polar surface area (TPSA) is 29.3 Å². The predicted octanol–water partition coefficient (Wildman–Crippen LogP) is 2.24. The van der Waals surface area contributed by atoms with Crippen LogP contribution in [-0.2, 0) is 0 Å². The van der Waals surface area contributed by atoms with Gasteiger partial charge in [0.25, 0.3) is 0 Å². The number of nitrogens with zero attached hydrogens (tertiary/aromatic N) is 1. The molecule has 0 spiro atoms. The van der Waals surface area contributed by atoms with Gasteiger partial charge < -0.3 is 10.6 Å². The Labute approximate surface area is 88.8 Å². The average molecular weight is 198 g/mol. The van der Waals surface area contributed by atoms with Crippen LogP contribution in [0.2, 0.25) is 0 Å². The molecule has 1 rings (SSSR count). The van der Waals surface area contributed by atoms with Gasteiger partial charge in [0.15, 0.2) is 0 Å². The fraction of sp³-hybridized carbons (Fsp3) is 1.00. The Hall–Kier alpha value is -0.0800. The van der Waals surface area contributed by atoms with Gasteiger partial charge in [-0.2, -0.15) is 0 Å². The second-order valence-electron chi connectivity index (χ2n) is 6.26. The summed E-state index contributed by atoms with van der Waals surface area (Å²) in [4.78, 5) is 2.41. The lowest BCUT2D eigenvalue weighted by Crippen LogP contribution is -2.48. The lowest BCUT2D eigenvalue weighted by atomic mass is 9.75. The van der Waals surface area contributed by atoms with Crippen molar-refractivity contribution in [1.29, 1.82) is 0 Å². The van der Waals surface area contributed by atoms with Crippen molar-refractivity contribution in [3.8, 4) is 0 Å². The smallest absolute Gasteiger partial charge is 0.0166 e. The highest BCUT2D eigenvalue weighted by atomic mass is 15.1. The van der Waals surface area contributed by atoms with Crippen LogP contribution in [0.3, 0.4) is 0 Å². The molecule has 0 amide bonds. The zero-order valence-electron chi connectivity index (χ0n) is 10.3. The average Bonchev–Trinajstić information content (AvgIpc) is 1.94. The standard InChI is InChI=1S/C12H26N2/c1-11(2,3)10-14(4)9-8-12(13)6-5-7-12/h5-10,13H2,1-4H3. The summed E-state index contributed by atoms with van der Waals surface area (Å²) in [5.74, 6) is 0. The van der Waals surface area contributed by atoms with Crippen LogP contribution in [0, 0.1) is 5.41 Å². The van der Waals surface area contributed by atoms with Crippen molar-refractivity contribution in [2.24, 2.45) is 11.1 Å². The largest absolute Gasteiger partial charge is 0.325 e. The summed E-state index contributed by atoms with van der Waals surface area (Å²) in [6.45, 7) is 9.15. The molecule has 2 heteroatoms. The first-order chi connectivity index (χ1) is 6.31. The lowest BCUT2D eigenvalue weighted by molar-refractivity contribution is 0.170. The molecule has 2 nitrogen and oxygen atoms in total. The minimum atomic E-state index is 0.187. The Morgan fingerprint density at radius 3 is 2.21 bits per heavy atom. The lowest BCUT2D eigenvalue weighted by Gasteiger charge is -2.39. The van der Waals surface area contributed by atoms with Crippen LogP contribution >= 0.6 is 0 Å². The van der Waals surface area contributed by atoms with Crippen LogP contribution in [0.25, 0.3) is 0 Å². The van der Waals surface area contributed by atoms with Crippen LogP contribution in [0.1, 0.15) is 46.5 Å². The van der Waals surface area contributed by atoms with Crippen LogP contribution in [0.4, 0.5) is 0 Å². The second kappa shape index (κ2) is 4.19. The van der Waals surface area contributed by atoms with Gasteiger partial charge in [0.1, 0.15) is 0 Å². The normalized spacial score (nSPS) is 21.0. The van der Waals surface area contributed by atoms with Crippen LogP contribution < -0.4 is 5.73 Å². The molecule has 0 heterocycles. The van der Waals surface area contributed by atoms with Crippen molar-refractivity contribution in [1.82, 2.24) is 4.90 Å². The zero-order chi connectivity index (χ0) is 10.8. The fourth-order valence-corrected chi connectivity index (χ4v) is 2.18. The van der Waals surface area contributed by atoms with E-state index in [1.54, 1.807) is 0 Å². The third-order valence-electron chi connectivity index (χ3n) is 3.09. The first kappa shape index (κ1) is 12.0. The van der Waals surface area contributed by atoms with Crippen molar-refractivity contribution in [3.63, 3.8) is 0 Å². The van der Waals surface area contributed by atoms with E-state index in [1.165, 1.54) is 25.7 Å². The monoisotopic (exact) mass is 198 g/mol. The van der Waals surface area contributed by atoms with Gasteiger partial charge in [-0.3, -0.25) is 0 Å².